The zero-order valence-corrected chi connectivity index (χ0v) is 66.6. The van der Waals surface area contributed by atoms with E-state index in [4.69, 9.17) is 57.1 Å². The Kier molecular flexibility index (Phi) is 27.6. The van der Waals surface area contributed by atoms with Crippen molar-refractivity contribution in [3.05, 3.63) is 339 Å². The SMILES string of the molecule is Cc1ccc(-c2ccccc2)cc1-c1ccccc1-c1ccc(-c2[c-]c(Oc3[c-]c(-c4ccccn4)ccc3)ccc2)nc1.Cc1ccc(-c2ccccc2)cc1-c1ccccc1-c1ccc(-c2cccc(Oc3cccc(-c4ccccn4)c3)c2)nc1.[Cl][Pt]([Cl])([Cl])[Cl].[K][K].[Pt+2]. The summed E-state index contributed by atoms with van der Waals surface area (Å²) in [6.45, 7) is 4.34. The van der Waals surface area contributed by atoms with Gasteiger partial charge in [0.05, 0.1) is 11.4 Å². The van der Waals surface area contributed by atoms with Gasteiger partial charge in [0.15, 0.2) is 0 Å². The van der Waals surface area contributed by atoms with E-state index in [2.05, 4.69) is 200 Å². The predicted octanol–water partition coefficient (Wildman–Crippen LogP) is 23.4. The molecule has 4 heterocycles. The molecule has 0 fully saturated rings. The van der Waals surface area contributed by atoms with Crippen molar-refractivity contribution in [2.45, 2.75) is 13.8 Å². The minimum absolute atomic E-state index is 0. The first-order valence-electron chi connectivity index (χ1n) is 30.8. The Bertz CT molecular complexity index is 4520. The maximum absolute atomic E-state index is 6.26. The second-order valence-electron chi connectivity index (χ2n) is 21.6. The minimum atomic E-state index is -3.06. The van der Waals surface area contributed by atoms with Crippen LogP contribution in [0.4, 0.5) is 0 Å². The Morgan fingerprint density at radius 1 is 0.302 bits per heavy atom. The van der Waals surface area contributed by atoms with Crippen molar-refractivity contribution in [1.82, 2.24) is 19.9 Å². The summed E-state index contributed by atoms with van der Waals surface area (Å²) in [5.41, 5.74) is 23.8. The third kappa shape index (κ3) is 20.2. The molecule has 468 valence electrons. The van der Waals surface area contributed by atoms with Crippen LogP contribution < -0.4 is 9.47 Å². The summed E-state index contributed by atoms with van der Waals surface area (Å²) in [5.74, 6) is 2.72. The average molecular weight is 1740 g/mol. The van der Waals surface area contributed by atoms with E-state index < -0.39 is 11.9 Å². The van der Waals surface area contributed by atoms with E-state index >= 15 is 0 Å². The fraction of sp³-hybridized carbons (Fsp3) is 0.0244. The van der Waals surface area contributed by atoms with E-state index in [1.165, 1.54) is 119 Å². The molecular formula is C82H58Cl4K2N4O2Pt2. The molecule has 0 aliphatic heterocycles. The molecule has 10 aromatic carbocycles. The van der Waals surface area contributed by atoms with Crippen LogP contribution in [0.25, 0.3) is 112 Å². The summed E-state index contributed by atoms with van der Waals surface area (Å²) >= 11 is -0.556. The molecule has 0 bridgehead atoms. The van der Waals surface area contributed by atoms with Gasteiger partial charge in [0.1, 0.15) is 11.5 Å². The van der Waals surface area contributed by atoms with Gasteiger partial charge in [0.25, 0.3) is 0 Å². The van der Waals surface area contributed by atoms with Gasteiger partial charge in [0.2, 0.25) is 0 Å². The number of benzene rings is 10. The molecule has 0 spiro atoms. The maximum atomic E-state index is 6.26. The van der Waals surface area contributed by atoms with Gasteiger partial charge >= 0.3 is 134 Å². The zero-order valence-electron chi connectivity index (χ0n) is 52.8. The third-order valence-corrected chi connectivity index (χ3v) is 15.4. The van der Waals surface area contributed by atoms with Gasteiger partial charge in [-0.15, -0.1) is 47.5 Å². The van der Waals surface area contributed by atoms with Gasteiger partial charge in [-0.3, -0.25) is 9.97 Å². The van der Waals surface area contributed by atoms with Crippen LogP contribution in [-0.2, 0) is 33.0 Å². The van der Waals surface area contributed by atoms with E-state index in [-0.39, 0.29) is 21.1 Å². The van der Waals surface area contributed by atoms with E-state index in [0.717, 1.165) is 78.8 Å². The Morgan fingerprint density at radius 2 is 0.667 bits per heavy atom. The number of nitrogens with zero attached hydrogens (tertiary/aromatic N) is 4. The molecule has 14 aromatic rings. The topological polar surface area (TPSA) is 70.0 Å². The zero-order chi connectivity index (χ0) is 65.9. The van der Waals surface area contributed by atoms with Gasteiger partial charge in [-0.1, -0.05) is 206 Å². The fourth-order valence-corrected chi connectivity index (χ4v) is 10.9. The molecule has 6 nitrogen and oxygen atoms in total. The van der Waals surface area contributed by atoms with E-state index in [0.29, 0.717) is 11.5 Å². The molecule has 0 N–H and O–H groups in total. The summed E-state index contributed by atoms with van der Waals surface area (Å²) in [6, 6.07) is 106. The number of ether oxygens (including phenoxy) is 2. The van der Waals surface area contributed by atoms with Crippen molar-refractivity contribution in [1.29, 1.82) is 0 Å². The number of hydrogen-bond acceptors (Lipinski definition) is 6. The number of aromatic nitrogens is 4. The summed E-state index contributed by atoms with van der Waals surface area (Å²) in [4.78, 5) is 18.6. The minimum Gasteiger partial charge on any atom is 2.00 e. The molecule has 4 aromatic heterocycles. The smallest absolute Gasteiger partial charge is 2.00 e. The van der Waals surface area contributed by atoms with Crippen LogP contribution in [0, 0.1) is 26.0 Å². The molecule has 0 atom stereocenters. The van der Waals surface area contributed by atoms with Crippen molar-refractivity contribution < 1.29 is 42.4 Å². The summed E-state index contributed by atoms with van der Waals surface area (Å²) < 4.78 is 12.4. The molecule has 0 radical (unpaired) electrons. The van der Waals surface area contributed by atoms with Crippen molar-refractivity contribution in [2.75, 3.05) is 0 Å². The van der Waals surface area contributed by atoms with Gasteiger partial charge < -0.3 is 19.4 Å². The van der Waals surface area contributed by atoms with E-state index in [1.54, 1.807) is 12.4 Å². The number of pyridine rings is 4. The number of rotatable bonds is 14. The monoisotopic (exact) mass is 1740 g/mol. The molecular weight excluding hydrogens is 1680 g/mol. The standard InChI is InChI=1S/C41H30N2O.C41H28N2O.4ClH.2K.2Pt/c2*1-29-20-21-31(30-11-3-2-4-12-30)27-39(29)38-18-6-5-17-37(38)34-22-23-41(43-28-34)33-14-10-16-36(26-33)44-35-15-9-13-32(25-35)40-19-7-8-24-42-40;;;;;;;;/h2-28H,1H3;2-24,27-28H,1H3;4*1H;;;;/q;-2;;;;;;;+2;+4/p-4. The first-order valence-corrected chi connectivity index (χ1v) is 58.0. The quantitative estimate of drug-likeness (QED) is 0.0798. The molecule has 14 heteroatoms. The van der Waals surface area contributed by atoms with Crippen molar-refractivity contribution in [2.24, 2.45) is 0 Å². The van der Waals surface area contributed by atoms with Crippen molar-refractivity contribution in [3.8, 4) is 135 Å². The second-order valence-corrected chi connectivity index (χ2v) is 41.3. The molecule has 96 heavy (non-hydrogen) atoms. The van der Waals surface area contributed by atoms with Crippen LogP contribution in [0.5, 0.6) is 23.0 Å². The van der Waals surface area contributed by atoms with E-state index in [9.17, 15) is 0 Å². The van der Waals surface area contributed by atoms with Crippen LogP contribution in [0.1, 0.15) is 11.1 Å². The number of aryl methyl sites for hydroxylation is 2. The number of halogens is 4. The van der Waals surface area contributed by atoms with Crippen LogP contribution in [-0.4, -0.2) is 83.1 Å². The average Bonchev–Trinajstić information content (AvgIpc) is 0.821. The van der Waals surface area contributed by atoms with Crippen LogP contribution >= 0.6 is 37.7 Å². The Labute approximate surface area is 641 Å². The normalized spacial score (nSPS) is 10.8. The molecule has 0 amide bonds. The van der Waals surface area contributed by atoms with Gasteiger partial charge in [-0.25, -0.2) is 0 Å². The molecule has 0 saturated carbocycles. The summed E-state index contributed by atoms with van der Waals surface area (Å²) in [6.07, 6.45) is 7.48. The second kappa shape index (κ2) is 36.3. The fourth-order valence-electron chi connectivity index (χ4n) is 10.9. The third-order valence-electron chi connectivity index (χ3n) is 15.4. The van der Waals surface area contributed by atoms with Crippen LogP contribution in [0.3, 0.4) is 0 Å². The van der Waals surface area contributed by atoms with Gasteiger partial charge in [0, 0.05) is 53.0 Å². The maximum Gasteiger partial charge on any atom is 2.00 e. The Hall–Kier alpha value is -5.79. The predicted molar refractivity (Wildman–Crippen MR) is 394 cm³/mol. The van der Waals surface area contributed by atoms with E-state index in [1.807, 2.05) is 140 Å². The van der Waals surface area contributed by atoms with Crippen molar-refractivity contribution >= 4 is 101 Å². The van der Waals surface area contributed by atoms with Crippen LogP contribution in [0.15, 0.2) is 316 Å². The molecule has 0 aliphatic rings. The summed E-state index contributed by atoms with van der Waals surface area (Å²) in [7, 11) is 20.0. The number of hydrogen-bond donors (Lipinski definition) is 0. The molecule has 0 saturated heterocycles. The largest absolute Gasteiger partial charge is 2.00 e. The van der Waals surface area contributed by atoms with Crippen LogP contribution in [0.2, 0.25) is 0 Å². The molecule has 0 aliphatic carbocycles. The Morgan fingerprint density at radius 3 is 1.09 bits per heavy atom. The molecule has 14 rings (SSSR count). The Balaban J connectivity index is 0.000000189. The van der Waals surface area contributed by atoms with Gasteiger partial charge in [-0.2, -0.15) is 0 Å². The first kappa shape index (κ1) is 72.9. The van der Waals surface area contributed by atoms with Crippen molar-refractivity contribution in [3.63, 3.8) is 0 Å². The van der Waals surface area contributed by atoms with Gasteiger partial charge in [-0.05, 0) is 158 Å². The summed E-state index contributed by atoms with van der Waals surface area (Å²) in [5, 5.41) is 0. The molecule has 0 unspecified atom stereocenters. The first-order chi connectivity index (χ1) is 46.4.